The molecule has 0 aromatic heterocycles. The first-order valence-electron chi connectivity index (χ1n) is 5.02. The van der Waals surface area contributed by atoms with E-state index in [-0.39, 0.29) is 4.75 Å². The molecule has 0 radical (unpaired) electrons. The summed E-state index contributed by atoms with van der Waals surface area (Å²) in [6.07, 6.45) is 0. The summed E-state index contributed by atoms with van der Waals surface area (Å²) < 4.78 is 11.6. The van der Waals surface area contributed by atoms with Crippen molar-refractivity contribution >= 4 is 11.2 Å². The van der Waals surface area contributed by atoms with Crippen molar-refractivity contribution in [2.75, 3.05) is 25.4 Å². The summed E-state index contributed by atoms with van der Waals surface area (Å²) in [5.74, 6) is 0.797. The van der Waals surface area contributed by atoms with E-state index in [9.17, 15) is 4.55 Å². The molecule has 0 aliphatic heterocycles. The van der Waals surface area contributed by atoms with Gasteiger partial charge in [0.2, 0.25) is 0 Å². The van der Waals surface area contributed by atoms with E-state index in [4.69, 9.17) is 0 Å². The summed E-state index contributed by atoms with van der Waals surface area (Å²) in [4.78, 5) is 2.31. The Hall–Kier alpha value is 0.270. The minimum atomic E-state index is -0.703. The van der Waals surface area contributed by atoms with Gasteiger partial charge >= 0.3 is 0 Å². The van der Waals surface area contributed by atoms with Gasteiger partial charge in [-0.15, -0.1) is 0 Å². The summed E-state index contributed by atoms with van der Waals surface area (Å²) in [6.45, 7) is 13.4. The highest BCUT2D eigenvalue weighted by Gasteiger charge is 2.25. The van der Waals surface area contributed by atoms with Crippen LogP contribution < -0.4 is 0 Å². The third-order valence-electron chi connectivity index (χ3n) is 2.17. The molecule has 0 spiro atoms. The molecule has 0 rings (SSSR count). The molecule has 0 aliphatic carbocycles. The topological polar surface area (TPSA) is 26.3 Å². The van der Waals surface area contributed by atoms with Crippen LogP contribution in [0.1, 0.15) is 34.6 Å². The Balaban J connectivity index is 3.75. The van der Waals surface area contributed by atoms with E-state index in [1.165, 1.54) is 0 Å². The second-order valence-corrected chi connectivity index (χ2v) is 6.51. The lowest BCUT2D eigenvalue weighted by molar-refractivity contribution is 0.321. The van der Waals surface area contributed by atoms with Crippen molar-refractivity contribution in [2.45, 2.75) is 39.4 Å². The largest absolute Gasteiger partial charge is 0.616 e. The van der Waals surface area contributed by atoms with Gasteiger partial charge in [0.1, 0.15) is 10.5 Å². The van der Waals surface area contributed by atoms with Crippen LogP contribution >= 0.6 is 0 Å². The zero-order valence-electron chi connectivity index (χ0n) is 9.59. The zero-order valence-corrected chi connectivity index (χ0v) is 10.4. The number of nitrogens with zero attached hydrogens (tertiary/aromatic N) is 1. The highest BCUT2D eigenvalue weighted by molar-refractivity contribution is 7.92. The summed E-state index contributed by atoms with van der Waals surface area (Å²) in [5, 5.41) is 0. The summed E-state index contributed by atoms with van der Waals surface area (Å²) in [6, 6.07) is 0. The van der Waals surface area contributed by atoms with Gasteiger partial charge in [0, 0.05) is 6.54 Å². The zero-order chi connectivity index (χ0) is 10.5. The molecular weight excluding hydrogens is 182 g/mol. The smallest absolute Gasteiger partial charge is 0.118 e. The molecule has 0 N–H and O–H groups in total. The van der Waals surface area contributed by atoms with Crippen molar-refractivity contribution < 1.29 is 4.55 Å². The molecule has 2 nitrogen and oxygen atoms in total. The monoisotopic (exact) mass is 205 g/mol. The molecule has 3 heteroatoms. The Morgan fingerprint density at radius 1 is 1.15 bits per heavy atom. The average molecular weight is 205 g/mol. The van der Waals surface area contributed by atoms with Gasteiger partial charge in [-0.05, 0) is 45.0 Å². The van der Waals surface area contributed by atoms with Crippen molar-refractivity contribution in [3.8, 4) is 0 Å². The predicted molar refractivity (Wildman–Crippen MR) is 60.6 cm³/mol. The van der Waals surface area contributed by atoms with E-state index in [1.54, 1.807) is 0 Å². The minimum Gasteiger partial charge on any atom is -0.616 e. The van der Waals surface area contributed by atoms with Crippen molar-refractivity contribution in [2.24, 2.45) is 0 Å². The molecule has 0 aromatic rings. The van der Waals surface area contributed by atoms with Crippen LogP contribution in [0, 0.1) is 0 Å². The minimum absolute atomic E-state index is 0.0623. The second-order valence-electron chi connectivity index (χ2n) is 4.19. The molecule has 0 amide bonds. The molecule has 0 heterocycles. The quantitative estimate of drug-likeness (QED) is 0.641. The van der Waals surface area contributed by atoms with Crippen LogP contribution in [0.3, 0.4) is 0 Å². The maximum Gasteiger partial charge on any atom is 0.118 e. The average Bonchev–Trinajstić information content (AvgIpc) is 2.04. The van der Waals surface area contributed by atoms with Crippen molar-refractivity contribution in [1.82, 2.24) is 4.90 Å². The van der Waals surface area contributed by atoms with E-state index in [2.05, 4.69) is 18.7 Å². The van der Waals surface area contributed by atoms with Gasteiger partial charge in [0.05, 0.1) is 0 Å². The van der Waals surface area contributed by atoms with E-state index >= 15 is 0 Å². The van der Waals surface area contributed by atoms with Crippen LogP contribution in [0.15, 0.2) is 0 Å². The van der Waals surface area contributed by atoms with Crippen LogP contribution in [0.2, 0.25) is 0 Å². The number of hydrogen-bond acceptors (Lipinski definition) is 2. The standard InChI is InChI=1S/C10H23NOS/c1-6-11(7-2)8-9-13(12)10(3,4)5/h6-9H2,1-5H3. The molecular formula is C10H23NOS. The fourth-order valence-corrected chi connectivity index (χ4v) is 2.09. The van der Waals surface area contributed by atoms with E-state index in [0.717, 1.165) is 25.4 Å². The Kier molecular flexibility index (Phi) is 6.01. The number of hydrogen-bond donors (Lipinski definition) is 0. The summed E-state index contributed by atoms with van der Waals surface area (Å²) in [5.41, 5.74) is 0. The van der Waals surface area contributed by atoms with Crippen LogP contribution in [0.5, 0.6) is 0 Å². The van der Waals surface area contributed by atoms with Crippen LogP contribution in [0.25, 0.3) is 0 Å². The van der Waals surface area contributed by atoms with E-state index in [0.29, 0.717) is 0 Å². The first-order valence-corrected chi connectivity index (χ1v) is 6.34. The van der Waals surface area contributed by atoms with Gasteiger partial charge in [-0.2, -0.15) is 0 Å². The molecule has 0 saturated carbocycles. The van der Waals surface area contributed by atoms with Gasteiger partial charge in [0.25, 0.3) is 0 Å². The van der Waals surface area contributed by atoms with Crippen molar-refractivity contribution in [3.05, 3.63) is 0 Å². The molecule has 13 heavy (non-hydrogen) atoms. The molecule has 1 atom stereocenters. The Morgan fingerprint density at radius 3 is 1.92 bits per heavy atom. The fraction of sp³-hybridized carbons (Fsp3) is 1.00. The molecule has 80 valence electrons. The van der Waals surface area contributed by atoms with Gasteiger partial charge in [-0.1, -0.05) is 13.8 Å². The lowest BCUT2D eigenvalue weighted by atomic mass is 10.3. The van der Waals surface area contributed by atoms with Gasteiger partial charge in [0.15, 0.2) is 0 Å². The van der Waals surface area contributed by atoms with Gasteiger partial charge < -0.3 is 4.55 Å². The SMILES string of the molecule is CCN(CC)CC[S+]([O-])C(C)(C)C. The van der Waals surface area contributed by atoms with Crippen LogP contribution in [-0.2, 0) is 11.2 Å². The van der Waals surface area contributed by atoms with Crippen LogP contribution in [-0.4, -0.2) is 39.6 Å². The molecule has 0 aromatic carbocycles. The first kappa shape index (κ1) is 13.3. The molecule has 0 saturated heterocycles. The van der Waals surface area contributed by atoms with Crippen molar-refractivity contribution in [3.63, 3.8) is 0 Å². The van der Waals surface area contributed by atoms with E-state index in [1.807, 2.05) is 20.8 Å². The fourth-order valence-electron chi connectivity index (χ4n) is 1.06. The number of rotatable bonds is 5. The highest BCUT2D eigenvalue weighted by atomic mass is 32.2. The maximum absolute atomic E-state index is 11.7. The lowest BCUT2D eigenvalue weighted by Crippen LogP contribution is -2.36. The Labute approximate surface area is 85.9 Å². The molecule has 0 bridgehead atoms. The molecule has 0 fully saturated rings. The van der Waals surface area contributed by atoms with E-state index < -0.39 is 11.2 Å². The predicted octanol–water partition coefficient (Wildman–Crippen LogP) is 1.88. The highest BCUT2D eigenvalue weighted by Crippen LogP contribution is 2.15. The molecule has 1 unspecified atom stereocenters. The Morgan fingerprint density at radius 2 is 1.62 bits per heavy atom. The maximum atomic E-state index is 11.7. The van der Waals surface area contributed by atoms with Crippen molar-refractivity contribution in [1.29, 1.82) is 0 Å². The summed E-state index contributed by atoms with van der Waals surface area (Å²) in [7, 11) is 0. The molecule has 0 aliphatic rings. The van der Waals surface area contributed by atoms with Crippen LogP contribution in [0.4, 0.5) is 0 Å². The normalized spacial score (nSPS) is 15.0. The summed E-state index contributed by atoms with van der Waals surface area (Å²) >= 11 is -0.703. The lowest BCUT2D eigenvalue weighted by Gasteiger charge is -2.26. The van der Waals surface area contributed by atoms with Gasteiger partial charge in [-0.25, -0.2) is 0 Å². The third kappa shape index (κ3) is 5.55. The first-order chi connectivity index (χ1) is 5.91. The third-order valence-corrected chi connectivity index (χ3v) is 4.09. The second kappa shape index (κ2) is 5.89. The Bertz CT molecular complexity index is 129. The van der Waals surface area contributed by atoms with Gasteiger partial charge in [-0.3, -0.25) is 4.90 Å².